The van der Waals surface area contributed by atoms with Gasteiger partial charge < -0.3 is 36.0 Å². The SMILES string of the molecule is CCCCCCCCCCCCCC[C@@H](O)[C@H](O)[C@H](CO)NC(=O)CCC[C@H](O)[C@@H](O)/C=C/C=C/C=C\C=C\[C@@H](O)CCCCC. The van der Waals surface area contributed by atoms with E-state index in [-0.39, 0.29) is 12.8 Å². The first kappa shape index (κ1) is 44.2. The fraction of sp³-hybridized carbons (Fsp3) is 0.763. The van der Waals surface area contributed by atoms with Gasteiger partial charge in [-0.2, -0.15) is 0 Å². The molecular formula is C38H69NO7. The fourth-order valence-corrected chi connectivity index (χ4v) is 5.25. The molecule has 0 aliphatic rings. The van der Waals surface area contributed by atoms with Crippen molar-refractivity contribution in [1.29, 1.82) is 0 Å². The Balaban J connectivity index is 4.13. The molecule has 0 heterocycles. The second kappa shape index (κ2) is 31.8. The molecule has 0 radical (unpaired) electrons. The fourth-order valence-electron chi connectivity index (χ4n) is 5.25. The number of allylic oxidation sites excluding steroid dienone is 6. The van der Waals surface area contributed by atoms with Gasteiger partial charge in [0.05, 0.1) is 37.1 Å². The second-order valence-electron chi connectivity index (χ2n) is 12.6. The summed E-state index contributed by atoms with van der Waals surface area (Å²) >= 11 is 0. The predicted molar refractivity (Wildman–Crippen MR) is 189 cm³/mol. The van der Waals surface area contributed by atoms with Crippen molar-refractivity contribution in [1.82, 2.24) is 5.32 Å². The van der Waals surface area contributed by atoms with Gasteiger partial charge in [0.15, 0.2) is 0 Å². The van der Waals surface area contributed by atoms with Gasteiger partial charge in [0.25, 0.3) is 0 Å². The highest BCUT2D eigenvalue weighted by atomic mass is 16.3. The van der Waals surface area contributed by atoms with E-state index in [0.717, 1.165) is 44.9 Å². The van der Waals surface area contributed by atoms with E-state index in [4.69, 9.17) is 0 Å². The lowest BCUT2D eigenvalue weighted by molar-refractivity contribution is -0.124. The third-order valence-corrected chi connectivity index (χ3v) is 8.30. The zero-order valence-corrected chi connectivity index (χ0v) is 29.0. The molecular weight excluding hydrogens is 582 g/mol. The molecule has 1 amide bonds. The van der Waals surface area contributed by atoms with Crippen LogP contribution in [0.4, 0.5) is 0 Å². The topological polar surface area (TPSA) is 150 Å². The number of aliphatic hydroxyl groups excluding tert-OH is 6. The minimum atomic E-state index is -1.26. The van der Waals surface area contributed by atoms with Crippen molar-refractivity contribution in [3.8, 4) is 0 Å². The third-order valence-electron chi connectivity index (χ3n) is 8.30. The number of amides is 1. The van der Waals surface area contributed by atoms with Crippen molar-refractivity contribution in [3.63, 3.8) is 0 Å². The largest absolute Gasteiger partial charge is 0.394 e. The molecule has 0 fully saturated rings. The summed E-state index contributed by atoms with van der Waals surface area (Å²) in [7, 11) is 0. The average molecular weight is 652 g/mol. The number of rotatable bonds is 31. The van der Waals surface area contributed by atoms with Gasteiger partial charge in [-0.1, -0.05) is 159 Å². The van der Waals surface area contributed by atoms with E-state index in [9.17, 15) is 35.4 Å². The lowest BCUT2D eigenvalue weighted by Crippen LogP contribution is -2.50. The number of hydrogen-bond acceptors (Lipinski definition) is 7. The van der Waals surface area contributed by atoms with E-state index in [0.29, 0.717) is 12.8 Å². The van der Waals surface area contributed by atoms with Crippen molar-refractivity contribution in [2.45, 2.75) is 179 Å². The Kier molecular flexibility index (Phi) is 30.5. The van der Waals surface area contributed by atoms with Gasteiger partial charge in [-0.25, -0.2) is 0 Å². The summed E-state index contributed by atoms with van der Waals surface area (Å²) in [6, 6.07) is -0.967. The van der Waals surface area contributed by atoms with Crippen LogP contribution in [0.3, 0.4) is 0 Å². The van der Waals surface area contributed by atoms with Crippen LogP contribution in [0, 0.1) is 0 Å². The van der Waals surface area contributed by atoms with Gasteiger partial charge >= 0.3 is 0 Å². The molecule has 0 saturated heterocycles. The Morgan fingerprint density at radius 3 is 1.59 bits per heavy atom. The van der Waals surface area contributed by atoms with Crippen molar-refractivity contribution in [2.75, 3.05) is 6.61 Å². The smallest absolute Gasteiger partial charge is 0.220 e. The van der Waals surface area contributed by atoms with E-state index >= 15 is 0 Å². The Bertz CT molecular complexity index is 813. The van der Waals surface area contributed by atoms with Crippen molar-refractivity contribution < 1.29 is 35.4 Å². The maximum atomic E-state index is 12.4. The van der Waals surface area contributed by atoms with Gasteiger partial charge in [-0.3, -0.25) is 4.79 Å². The molecule has 0 aromatic carbocycles. The minimum absolute atomic E-state index is 0.0526. The maximum absolute atomic E-state index is 12.4. The highest BCUT2D eigenvalue weighted by Gasteiger charge is 2.27. The molecule has 0 aromatic rings. The van der Waals surface area contributed by atoms with Crippen LogP contribution in [-0.4, -0.2) is 79.7 Å². The first-order valence-corrected chi connectivity index (χ1v) is 18.3. The number of carbonyl (C=O) groups is 1. The summed E-state index contributed by atoms with van der Waals surface area (Å²) < 4.78 is 0. The Morgan fingerprint density at radius 1 is 0.565 bits per heavy atom. The summed E-state index contributed by atoms with van der Waals surface area (Å²) in [6.07, 6.45) is 28.4. The monoisotopic (exact) mass is 652 g/mol. The summed E-state index contributed by atoms with van der Waals surface area (Å²) in [5.74, 6) is -0.398. The van der Waals surface area contributed by atoms with E-state index in [1.54, 1.807) is 36.5 Å². The highest BCUT2D eigenvalue weighted by Crippen LogP contribution is 2.15. The molecule has 6 atom stereocenters. The molecule has 0 rings (SSSR count). The molecule has 0 unspecified atom stereocenters. The van der Waals surface area contributed by atoms with E-state index in [1.165, 1.54) is 63.9 Å². The average Bonchev–Trinajstić information content (AvgIpc) is 3.04. The molecule has 0 bridgehead atoms. The highest BCUT2D eigenvalue weighted by molar-refractivity contribution is 5.76. The Labute approximate surface area is 280 Å². The quantitative estimate of drug-likeness (QED) is 0.0342. The van der Waals surface area contributed by atoms with Crippen LogP contribution in [0.25, 0.3) is 0 Å². The first-order valence-electron chi connectivity index (χ1n) is 18.3. The minimum Gasteiger partial charge on any atom is -0.394 e. The van der Waals surface area contributed by atoms with Gasteiger partial charge in [-0.05, 0) is 25.7 Å². The predicted octanol–water partition coefficient (Wildman–Crippen LogP) is 6.33. The van der Waals surface area contributed by atoms with Crippen molar-refractivity contribution >= 4 is 5.91 Å². The Morgan fingerprint density at radius 2 is 1.02 bits per heavy atom. The van der Waals surface area contributed by atoms with Crippen LogP contribution in [0.1, 0.15) is 142 Å². The maximum Gasteiger partial charge on any atom is 0.220 e. The summed E-state index contributed by atoms with van der Waals surface area (Å²) in [6.45, 7) is 3.87. The number of unbranched alkanes of at least 4 members (excludes halogenated alkanes) is 13. The standard InChI is InChI=1S/C38H69NO7/c1-3-5-7-8-9-10-11-12-13-14-19-23-28-36(44)38(46)33(31-40)39-37(45)30-24-29-35(43)34(42)27-22-18-16-15-17-21-26-32(41)25-20-6-4-2/h15-18,21-22,26-27,32-36,38,40-44,46H,3-14,19-20,23-25,28-31H2,1-2H3,(H,39,45)/b17-15-,18-16+,26-21+,27-22+/t32-,33-,34-,35-,36+,38+/m0/s1. The van der Waals surface area contributed by atoms with Crippen LogP contribution in [0.2, 0.25) is 0 Å². The van der Waals surface area contributed by atoms with Crippen molar-refractivity contribution in [3.05, 3.63) is 48.6 Å². The van der Waals surface area contributed by atoms with Gasteiger partial charge in [0, 0.05) is 6.42 Å². The van der Waals surface area contributed by atoms with Crippen LogP contribution in [0.15, 0.2) is 48.6 Å². The zero-order chi connectivity index (χ0) is 34.3. The van der Waals surface area contributed by atoms with Crippen LogP contribution in [0.5, 0.6) is 0 Å². The molecule has 0 aliphatic carbocycles. The van der Waals surface area contributed by atoms with E-state index in [1.807, 2.05) is 6.08 Å². The molecule has 8 heteroatoms. The van der Waals surface area contributed by atoms with E-state index < -0.39 is 49.1 Å². The number of carbonyl (C=O) groups excluding carboxylic acids is 1. The second-order valence-corrected chi connectivity index (χ2v) is 12.6. The van der Waals surface area contributed by atoms with Gasteiger partial charge in [0.1, 0.15) is 6.10 Å². The summed E-state index contributed by atoms with van der Waals surface area (Å²) in [5.41, 5.74) is 0. The van der Waals surface area contributed by atoms with Gasteiger partial charge in [0.2, 0.25) is 5.91 Å². The summed E-state index contributed by atoms with van der Waals surface area (Å²) in [4.78, 5) is 12.4. The summed E-state index contributed by atoms with van der Waals surface area (Å²) in [5, 5.41) is 63.4. The van der Waals surface area contributed by atoms with Gasteiger partial charge in [-0.15, -0.1) is 0 Å². The normalized spacial score (nSPS) is 16.4. The number of hydrogen-bond donors (Lipinski definition) is 7. The number of aliphatic hydroxyl groups is 6. The van der Waals surface area contributed by atoms with E-state index in [2.05, 4.69) is 19.2 Å². The molecule has 8 nitrogen and oxygen atoms in total. The lowest BCUT2D eigenvalue weighted by Gasteiger charge is -2.26. The lowest BCUT2D eigenvalue weighted by atomic mass is 9.99. The molecule has 268 valence electrons. The first-order chi connectivity index (χ1) is 22.3. The molecule has 46 heavy (non-hydrogen) atoms. The molecule has 7 N–H and O–H groups in total. The molecule has 0 aliphatic heterocycles. The molecule has 0 spiro atoms. The molecule has 0 saturated carbocycles. The van der Waals surface area contributed by atoms with Crippen LogP contribution >= 0.6 is 0 Å². The van der Waals surface area contributed by atoms with Crippen LogP contribution in [-0.2, 0) is 4.79 Å². The van der Waals surface area contributed by atoms with Crippen molar-refractivity contribution in [2.24, 2.45) is 0 Å². The Hall–Kier alpha value is -1.81. The molecule has 0 aromatic heterocycles. The van der Waals surface area contributed by atoms with Crippen LogP contribution < -0.4 is 5.32 Å². The third kappa shape index (κ3) is 26.3. The number of nitrogens with one attached hydrogen (secondary N) is 1. The zero-order valence-electron chi connectivity index (χ0n) is 29.0.